The van der Waals surface area contributed by atoms with Crippen LogP contribution in [-0.4, -0.2) is 4.57 Å². The van der Waals surface area contributed by atoms with Gasteiger partial charge in [-0.25, -0.2) is 0 Å². The van der Waals surface area contributed by atoms with E-state index in [1.807, 2.05) is 11.3 Å². The molecule has 3 heteroatoms. The van der Waals surface area contributed by atoms with E-state index in [-0.39, 0.29) is 12.0 Å². The summed E-state index contributed by atoms with van der Waals surface area (Å²) < 4.78 is 5.53. The molecule has 0 amide bonds. The molecule has 2 atom stereocenters. The molecular formula is C62H48N2S. The first kappa shape index (κ1) is 38.3. The van der Waals surface area contributed by atoms with E-state index >= 15 is 0 Å². The maximum absolute atomic E-state index is 2.79. The van der Waals surface area contributed by atoms with Crippen LogP contribution in [0.2, 0.25) is 0 Å². The van der Waals surface area contributed by atoms with Gasteiger partial charge >= 0.3 is 0 Å². The van der Waals surface area contributed by atoms with Gasteiger partial charge in [0.1, 0.15) is 0 Å². The standard InChI is InChI=1S/C62H48N2S/c1-2-17-44(18-3-1)63(45-36-32-41(33-37-45)56-40-43-16-4-5-19-47(43)48-20-6-7-21-49(48)56)46-38-34-42(35-39-46)61-53(55-27-14-26-54-52-24-10-13-31-60(52)65-62(54)55)25-15-30-59(61)64-57-28-11-8-22-50(57)51-23-9-12-29-58(51)64/h1-8,10,12-22,24-27,29,31-34,36-40,42,59H,9,11,23,28,30,35H2. The van der Waals surface area contributed by atoms with Crippen LogP contribution >= 0.6 is 11.3 Å². The van der Waals surface area contributed by atoms with Crippen molar-refractivity contribution < 1.29 is 0 Å². The third kappa shape index (κ3) is 6.36. The summed E-state index contributed by atoms with van der Waals surface area (Å²) in [5.41, 5.74) is 16.3. The lowest BCUT2D eigenvalue weighted by Gasteiger charge is -2.36. The normalized spacial score (nSPS) is 17.9. The number of hydrogen-bond acceptors (Lipinski definition) is 2. The monoisotopic (exact) mass is 852 g/mol. The zero-order valence-corrected chi connectivity index (χ0v) is 37.1. The molecule has 4 aliphatic carbocycles. The number of aromatic nitrogens is 1. The Hall–Kier alpha value is -7.20. The number of anilines is 2. The first-order valence-corrected chi connectivity index (χ1v) is 24.2. The summed E-state index contributed by atoms with van der Waals surface area (Å²) >= 11 is 1.94. The van der Waals surface area contributed by atoms with Gasteiger partial charge in [-0.15, -0.1) is 11.3 Å². The molecule has 2 heterocycles. The molecular weight excluding hydrogens is 805 g/mol. The Labute approximate surface area is 384 Å². The van der Waals surface area contributed by atoms with Crippen LogP contribution in [0.4, 0.5) is 11.4 Å². The molecule has 312 valence electrons. The fourth-order valence-electron chi connectivity index (χ4n) is 11.6. The van der Waals surface area contributed by atoms with E-state index < -0.39 is 0 Å². The molecule has 4 aliphatic rings. The number of nitrogens with zero attached hydrogens (tertiary/aromatic N) is 2. The molecule has 0 bridgehead atoms. The van der Waals surface area contributed by atoms with E-state index in [2.05, 4.69) is 216 Å². The van der Waals surface area contributed by atoms with Gasteiger partial charge in [0.15, 0.2) is 0 Å². The molecule has 0 N–H and O–H groups in total. The number of hydrogen-bond donors (Lipinski definition) is 0. The van der Waals surface area contributed by atoms with Crippen molar-refractivity contribution in [2.75, 3.05) is 4.90 Å². The maximum atomic E-state index is 2.79. The zero-order chi connectivity index (χ0) is 42.8. The molecule has 7 aromatic carbocycles. The van der Waals surface area contributed by atoms with Crippen LogP contribution < -0.4 is 4.90 Å². The number of rotatable bonds is 7. The number of allylic oxidation sites excluding steroid dienone is 9. The lowest BCUT2D eigenvalue weighted by molar-refractivity contribution is 0.505. The average molecular weight is 853 g/mol. The van der Waals surface area contributed by atoms with Crippen molar-refractivity contribution in [3.63, 3.8) is 0 Å². The molecule has 65 heavy (non-hydrogen) atoms. The molecule has 0 aliphatic heterocycles. The van der Waals surface area contributed by atoms with Gasteiger partial charge in [-0.05, 0) is 148 Å². The fourth-order valence-corrected chi connectivity index (χ4v) is 12.8. The van der Waals surface area contributed by atoms with E-state index in [9.17, 15) is 0 Å². The van der Waals surface area contributed by atoms with Gasteiger partial charge in [0.05, 0.1) is 6.04 Å². The quantitative estimate of drug-likeness (QED) is 0.145. The highest BCUT2D eigenvalue weighted by molar-refractivity contribution is 7.26. The number of thiophene rings is 1. The van der Waals surface area contributed by atoms with E-state index in [1.165, 1.54) is 92.2 Å². The van der Waals surface area contributed by atoms with Crippen LogP contribution in [-0.2, 0) is 12.8 Å². The highest BCUT2D eigenvalue weighted by Crippen LogP contribution is 2.49. The first-order valence-electron chi connectivity index (χ1n) is 23.4. The van der Waals surface area contributed by atoms with Crippen LogP contribution in [0.25, 0.3) is 70.6 Å². The summed E-state index contributed by atoms with van der Waals surface area (Å²) in [6.07, 6.45) is 28.4. The molecule has 9 aromatic rings. The predicted molar refractivity (Wildman–Crippen MR) is 279 cm³/mol. The summed E-state index contributed by atoms with van der Waals surface area (Å²) in [6, 6.07) is 56.2. The van der Waals surface area contributed by atoms with Crippen molar-refractivity contribution in [2.45, 2.75) is 44.6 Å². The Morgan fingerprint density at radius 3 is 2.15 bits per heavy atom. The Kier molecular flexibility index (Phi) is 9.30. The smallest absolute Gasteiger partial charge is 0.0598 e. The highest BCUT2D eigenvalue weighted by atomic mass is 32.1. The van der Waals surface area contributed by atoms with Crippen molar-refractivity contribution in [3.8, 4) is 11.1 Å². The van der Waals surface area contributed by atoms with E-state index in [0.717, 1.165) is 49.9 Å². The largest absolute Gasteiger partial charge is 0.337 e. The van der Waals surface area contributed by atoms with Gasteiger partial charge < -0.3 is 9.47 Å². The van der Waals surface area contributed by atoms with Crippen molar-refractivity contribution in [1.82, 2.24) is 4.57 Å². The molecule has 2 aromatic heterocycles. The van der Waals surface area contributed by atoms with Crippen LogP contribution in [0.5, 0.6) is 0 Å². The van der Waals surface area contributed by atoms with Gasteiger partial charge in [-0.2, -0.15) is 0 Å². The molecule has 0 fully saturated rings. The minimum absolute atomic E-state index is 0.222. The van der Waals surface area contributed by atoms with Gasteiger partial charge in [-0.3, -0.25) is 0 Å². The minimum atomic E-state index is 0.222. The Balaban J connectivity index is 0.925. The summed E-state index contributed by atoms with van der Waals surface area (Å²) in [4.78, 5) is 2.44. The second-order valence-electron chi connectivity index (χ2n) is 18.0. The number of para-hydroxylation sites is 1. The van der Waals surface area contributed by atoms with E-state index in [0.29, 0.717) is 0 Å². The van der Waals surface area contributed by atoms with E-state index in [4.69, 9.17) is 0 Å². The molecule has 13 rings (SSSR count). The van der Waals surface area contributed by atoms with Gasteiger partial charge in [0.25, 0.3) is 0 Å². The molecule has 0 saturated carbocycles. The maximum Gasteiger partial charge on any atom is 0.0598 e. The fraction of sp³-hybridized carbons (Fsp3) is 0.129. The van der Waals surface area contributed by atoms with Crippen LogP contribution in [0.3, 0.4) is 0 Å². The van der Waals surface area contributed by atoms with Crippen molar-refractivity contribution in [2.24, 2.45) is 5.92 Å². The number of benzene rings is 7. The third-order valence-corrected chi connectivity index (χ3v) is 15.7. The van der Waals surface area contributed by atoms with Crippen molar-refractivity contribution in [1.29, 1.82) is 0 Å². The van der Waals surface area contributed by atoms with Gasteiger partial charge in [0, 0.05) is 54.5 Å². The van der Waals surface area contributed by atoms with Crippen molar-refractivity contribution in [3.05, 3.63) is 234 Å². The second kappa shape index (κ2) is 15.8. The van der Waals surface area contributed by atoms with E-state index in [1.54, 1.807) is 5.56 Å². The predicted octanol–water partition coefficient (Wildman–Crippen LogP) is 17.0. The first-order chi connectivity index (χ1) is 32.3. The third-order valence-electron chi connectivity index (χ3n) is 14.4. The summed E-state index contributed by atoms with van der Waals surface area (Å²) in [5.74, 6) is 0.231. The lowest BCUT2D eigenvalue weighted by atomic mass is 9.78. The van der Waals surface area contributed by atoms with Crippen LogP contribution in [0.1, 0.15) is 59.8 Å². The molecule has 2 unspecified atom stereocenters. The summed E-state index contributed by atoms with van der Waals surface area (Å²) in [6.45, 7) is 0. The lowest BCUT2D eigenvalue weighted by Crippen LogP contribution is -2.24. The zero-order valence-electron chi connectivity index (χ0n) is 36.3. The Bertz CT molecular complexity index is 3550. The summed E-state index contributed by atoms with van der Waals surface area (Å²) in [7, 11) is 0. The van der Waals surface area contributed by atoms with Crippen LogP contribution in [0.15, 0.2) is 205 Å². The number of fused-ring (bicyclic) bond motifs is 9. The topological polar surface area (TPSA) is 8.17 Å². The highest BCUT2D eigenvalue weighted by Gasteiger charge is 2.34. The molecule has 0 spiro atoms. The van der Waals surface area contributed by atoms with Crippen molar-refractivity contribution >= 4 is 82.2 Å². The van der Waals surface area contributed by atoms with Crippen LogP contribution in [0, 0.1) is 5.92 Å². The molecule has 0 saturated heterocycles. The molecule has 0 radical (unpaired) electrons. The summed E-state index contributed by atoms with van der Waals surface area (Å²) in [5, 5.41) is 7.84. The SMILES string of the molecule is C1=Cc2c(c3c(n2C2CC=CC(c4cccc5c4sc4ccccc45)=C2C2C=CC(N(c4ccccc4)c4ccc(-c5cc6ccccc6c6ccccc56)cc4)=CC2)CCC=C3)CC1. The van der Waals surface area contributed by atoms with Gasteiger partial charge in [-0.1, -0.05) is 158 Å². The second-order valence-corrected chi connectivity index (χ2v) is 19.1. The average Bonchev–Trinajstić information content (AvgIpc) is 3.93. The Morgan fingerprint density at radius 2 is 1.29 bits per heavy atom. The molecule has 2 nitrogen and oxygen atoms in total. The Morgan fingerprint density at radius 1 is 0.554 bits per heavy atom. The minimum Gasteiger partial charge on any atom is -0.337 e. The van der Waals surface area contributed by atoms with Gasteiger partial charge in [0.2, 0.25) is 0 Å².